The average Bonchev–Trinajstić information content (AvgIpc) is 3.14. The van der Waals surface area contributed by atoms with Crippen LogP contribution in [0.5, 0.6) is 0 Å². The van der Waals surface area contributed by atoms with Crippen molar-refractivity contribution in [3.05, 3.63) is 0 Å². The molecule has 108 valence electrons. The summed E-state index contributed by atoms with van der Waals surface area (Å²) < 4.78 is 5.32. The highest BCUT2D eigenvalue weighted by Crippen LogP contribution is 2.58. The molecule has 1 unspecified atom stereocenters. The van der Waals surface area contributed by atoms with Gasteiger partial charge in [-0.05, 0) is 50.6 Å². The van der Waals surface area contributed by atoms with E-state index in [0.717, 1.165) is 45.2 Å². The second-order valence-electron chi connectivity index (χ2n) is 6.41. The molecule has 2 aliphatic heterocycles. The molecule has 3 N–H and O–H groups in total. The first-order valence-corrected chi connectivity index (χ1v) is 7.41. The maximum Gasteiger partial charge on any atom is 0.224 e. The Morgan fingerprint density at radius 3 is 2.58 bits per heavy atom. The SMILES string of the molecule is O=C(NC1(CO)CCOCC1)C1CC12CCNCC2. The Balaban J connectivity index is 1.59. The number of hydrogen-bond acceptors (Lipinski definition) is 4. The van der Waals surface area contributed by atoms with Gasteiger partial charge in [-0.1, -0.05) is 0 Å². The predicted octanol–water partition coefficient (Wildman–Crippen LogP) is 0.0338. The highest BCUT2D eigenvalue weighted by atomic mass is 16.5. The number of aliphatic hydroxyl groups excluding tert-OH is 1. The quantitative estimate of drug-likeness (QED) is 0.675. The maximum absolute atomic E-state index is 12.4. The molecular weight excluding hydrogens is 244 g/mol. The monoisotopic (exact) mass is 268 g/mol. The lowest BCUT2D eigenvalue weighted by atomic mass is 9.89. The molecule has 1 atom stereocenters. The van der Waals surface area contributed by atoms with Gasteiger partial charge in [0.1, 0.15) is 0 Å². The maximum atomic E-state index is 12.4. The lowest BCUT2D eigenvalue weighted by molar-refractivity contribution is -0.127. The van der Waals surface area contributed by atoms with Crippen LogP contribution in [0.4, 0.5) is 0 Å². The van der Waals surface area contributed by atoms with Crippen LogP contribution in [0.15, 0.2) is 0 Å². The van der Waals surface area contributed by atoms with Crippen LogP contribution < -0.4 is 10.6 Å². The first-order chi connectivity index (χ1) is 9.20. The fraction of sp³-hybridized carbons (Fsp3) is 0.929. The smallest absolute Gasteiger partial charge is 0.224 e. The lowest BCUT2D eigenvalue weighted by Gasteiger charge is -2.36. The number of ether oxygens (including phenoxy) is 1. The summed E-state index contributed by atoms with van der Waals surface area (Å²) in [6.07, 6.45) is 4.69. The van der Waals surface area contributed by atoms with Crippen LogP contribution in [-0.4, -0.2) is 49.5 Å². The van der Waals surface area contributed by atoms with E-state index in [0.29, 0.717) is 13.2 Å². The molecule has 1 saturated carbocycles. The van der Waals surface area contributed by atoms with Crippen molar-refractivity contribution in [1.82, 2.24) is 10.6 Å². The number of amides is 1. The van der Waals surface area contributed by atoms with Crippen molar-refractivity contribution in [3.63, 3.8) is 0 Å². The summed E-state index contributed by atoms with van der Waals surface area (Å²) in [4.78, 5) is 12.4. The van der Waals surface area contributed by atoms with E-state index >= 15 is 0 Å². The molecule has 2 saturated heterocycles. The van der Waals surface area contributed by atoms with E-state index < -0.39 is 5.54 Å². The third-order valence-corrected chi connectivity index (χ3v) is 5.25. The van der Waals surface area contributed by atoms with Gasteiger partial charge in [0.05, 0.1) is 12.1 Å². The number of rotatable bonds is 3. The van der Waals surface area contributed by atoms with Gasteiger partial charge in [0, 0.05) is 19.1 Å². The Labute approximate surface area is 114 Å². The van der Waals surface area contributed by atoms with Crippen molar-refractivity contribution in [2.24, 2.45) is 11.3 Å². The lowest BCUT2D eigenvalue weighted by Crippen LogP contribution is -2.55. The minimum absolute atomic E-state index is 0.0172. The fourth-order valence-electron chi connectivity index (χ4n) is 3.63. The Bertz CT molecular complexity index is 347. The van der Waals surface area contributed by atoms with Crippen LogP contribution in [0.25, 0.3) is 0 Å². The molecule has 0 radical (unpaired) electrons. The second-order valence-corrected chi connectivity index (χ2v) is 6.41. The number of carbonyl (C=O) groups excluding carboxylic acids is 1. The van der Waals surface area contributed by atoms with E-state index in [4.69, 9.17) is 4.74 Å². The first kappa shape index (κ1) is 13.3. The van der Waals surface area contributed by atoms with Crippen molar-refractivity contribution >= 4 is 5.91 Å². The molecule has 0 aromatic heterocycles. The molecule has 1 aliphatic carbocycles. The Morgan fingerprint density at radius 2 is 1.95 bits per heavy atom. The topological polar surface area (TPSA) is 70.6 Å². The summed E-state index contributed by atoms with van der Waals surface area (Å²) in [5, 5.41) is 16.1. The Hall–Kier alpha value is -0.650. The van der Waals surface area contributed by atoms with Crippen LogP contribution in [-0.2, 0) is 9.53 Å². The van der Waals surface area contributed by atoms with Crippen molar-refractivity contribution < 1.29 is 14.6 Å². The highest BCUT2D eigenvalue weighted by Gasteiger charge is 2.58. The van der Waals surface area contributed by atoms with Crippen LogP contribution in [0.1, 0.15) is 32.1 Å². The van der Waals surface area contributed by atoms with E-state index in [9.17, 15) is 9.90 Å². The third-order valence-electron chi connectivity index (χ3n) is 5.25. The first-order valence-electron chi connectivity index (χ1n) is 7.41. The molecule has 2 heterocycles. The molecule has 3 aliphatic rings. The Morgan fingerprint density at radius 1 is 1.26 bits per heavy atom. The van der Waals surface area contributed by atoms with E-state index in [2.05, 4.69) is 10.6 Å². The number of aliphatic hydroxyl groups is 1. The number of hydrogen-bond donors (Lipinski definition) is 3. The van der Waals surface area contributed by atoms with Gasteiger partial charge in [-0.25, -0.2) is 0 Å². The van der Waals surface area contributed by atoms with Crippen LogP contribution in [0.2, 0.25) is 0 Å². The highest BCUT2D eigenvalue weighted by molar-refractivity contribution is 5.83. The van der Waals surface area contributed by atoms with Gasteiger partial charge in [-0.3, -0.25) is 4.79 Å². The standard InChI is InChI=1S/C14H24N2O3/c17-10-14(3-7-19-8-4-14)16-12(18)11-9-13(11)1-5-15-6-2-13/h11,15,17H,1-10H2,(H,16,18). The molecule has 3 fully saturated rings. The summed E-state index contributed by atoms with van der Waals surface area (Å²) in [5.41, 5.74) is -0.177. The van der Waals surface area contributed by atoms with Crippen molar-refractivity contribution in [1.29, 1.82) is 0 Å². The molecule has 19 heavy (non-hydrogen) atoms. The van der Waals surface area contributed by atoms with Gasteiger partial charge in [-0.2, -0.15) is 0 Å². The van der Waals surface area contributed by atoms with Crippen molar-refractivity contribution in [2.75, 3.05) is 32.9 Å². The van der Waals surface area contributed by atoms with Gasteiger partial charge >= 0.3 is 0 Å². The summed E-state index contributed by atoms with van der Waals surface area (Å²) in [5.74, 6) is 0.318. The zero-order chi connectivity index (χ0) is 13.3. The number of carbonyl (C=O) groups is 1. The predicted molar refractivity (Wildman–Crippen MR) is 70.7 cm³/mol. The summed E-state index contributed by atoms with van der Waals surface area (Å²) in [6.45, 7) is 3.33. The minimum Gasteiger partial charge on any atom is -0.394 e. The molecule has 0 aromatic rings. The number of piperidine rings is 1. The average molecular weight is 268 g/mol. The summed E-state index contributed by atoms with van der Waals surface area (Å²) >= 11 is 0. The summed E-state index contributed by atoms with van der Waals surface area (Å²) in [7, 11) is 0. The van der Waals surface area contributed by atoms with E-state index in [-0.39, 0.29) is 23.8 Å². The van der Waals surface area contributed by atoms with Gasteiger partial charge in [0.2, 0.25) is 5.91 Å². The van der Waals surface area contributed by atoms with Crippen LogP contribution in [0.3, 0.4) is 0 Å². The van der Waals surface area contributed by atoms with Gasteiger partial charge in [0.15, 0.2) is 0 Å². The van der Waals surface area contributed by atoms with Crippen molar-refractivity contribution in [2.45, 2.75) is 37.6 Å². The molecule has 1 amide bonds. The van der Waals surface area contributed by atoms with E-state index in [1.165, 1.54) is 0 Å². The molecule has 0 bridgehead atoms. The molecule has 1 spiro atoms. The largest absolute Gasteiger partial charge is 0.394 e. The van der Waals surface area contributed by atoms with Gasteiger partial charge < -0.3 is 20.5 Å². The van der Waals surface area contributed by atoms with Crippen LogP contribution >= 0.6 is 0 Å². The van der Waals surface area contributed by atoms with Gasteiger partial charge in [-0.15, -0.1) is 0 Å². The second kappa shape index (κ2) is 5.04. The number of nitrogens with one attached hydrogen (secondary N) is 2. The van der Waals surface area contributed by atoms with E-state index in [1.54, 1.807) is 0 Å². The molecule has 5 nitrogen and oxygen atoms in total. The third kappa shape index (κ3) is 2.51. The zero-order valence-corrected chi connectivity index (χ0v) is 11.4. The van der Waals surface area contributed by atoms with E-state index in [1.807, 2.05) is 0 Å². The van der Waals surface area contributed by atoms with Crippen molar-refractivity contribution in [3.8, 4) is 0 Å². The minimum atomic E-state index is -0.438. The van der Waals surface area contributed by atoms with Gasteiger partial charge in [0.25, 0.3) is 0 Å². The summed E-state index contributed by atoms with van der Waals surface area (Å²) in [6, 6.07) is 0. The van der Waals surface area contributed by atoms with Crippen LogP contribution in [0, 0.1) is 11.3 Å². The molecule has 0 aromatic carbocycles. The normalized spacial score (nSPS) is 31.9. The fourth-order valence-corrected chi connectivity index (χ4v) is 3.63. The molecular formula is C14H24N2O3. The Kier molecular flexibility index (Phi) is 3.53. The molecule has 3 rings (SSSR count). The molecule has 5 heteroatoms. The zero-order valence-electron chi connectivity index (χ0n) is 11.4.